The predicted molar refractivity (Wildman–Crippen MR) is 92.7 cm³/mol. The summed E-state index contributed by atoms with van der Waals surface area (Å²) < 4.78 is 5.17. The number of alkyl carbamates (subject to hydrolysis) is 1. The van der Waals surface area contributed by atoms with E-state index in [0.717, 1.165) is 18.8 Å². The van der Waals surface area contributed by atoms with Gasteiger partial charge >= 0.3 is 6.09 Å². The van der Waals surface area contributed by atoms with Gasteiger partial charge in [0.25, 0.3) is 0 Å². The fraction of sp³-hybridized carbons (Fsp3) is 0.588. The van der Waals surface area contributed by atoms with E-state index in [9.17, 15) is 4.79 Å². The van der Waals surface area contributed by atoms with E-state index in [1.807, 2.05) is 20.8 Å². The molecule has 0 aliphatic heterocycles. The third-order valence-corrected chi connectivity index (χ3v) is 3.12. The van der Waals surface area contributed by atoms with Gasteiger partial charge in [-0.3, -0.25) is 0 Å². The standard InChI is InChI=1S/C17H29N3O2/c1-6-20(7-2)15-10-8-14(9-11-15)18-12-13-19-16(21)22-17(3,4)5/h8-11,18H,6-7,12-13H2,1-5H3,(H,19,21). The van der Waals surface area contributed by atoms with Crippen molar-refractivity contribution in [3.05, 3.63) is 24.3 Å². The maximum atomic E-state index is 11.5. The molecule has 124 valence electrons. The number of hydrogen-bond donors (Lipinski definition) is 2. The van der Waals surface area contributed by atoms with Gasteiger partial charge in [-0.1, -0.05) is 0 Å². The Kier molecular flexibility index (Phi) is 7.02. The van der Waals surface area contributed by atoms with Gasteiger partial charge in [-0.15, -0.1) is 0 Å². The van der Waals surface area contributed by atoms with Crippen molar-refractivity contribution in [3.8, 4) is 0 Å². The molecule has 5 heteroatoms. The average Bonchev–Trinajstić information content (AvgIpc) is 2.44. The van der Waals surface area contributed by atoms with Crippen molar-refractivity contribution in [2.75, 3.05) is 36.4 Å². The zero-order valence-corrected chi connectivity index (χ0v) is 14.4. The van der Waals surface area contributed by atoms with E-state index in [0.29, 0.717) is 13.1 Å². The van der Waals surface area contributed by atoms with Gasteiger partial charge in [0.05, 0.1) is 0 Å². The summed E-state index contributed by atoms with van der Waals surface area (Å²) in [5.41, 5.74) is 1.81. The number of hydrogen-bond acceptors (Lipinski definition) is 4. The average molecular weight is 307 g/mol. The summed E-state index contributed by atoms with van der Waals surface area (Å²) in [5, 5.41) is 6.00. The third kappa shape index (κ3) is 6.70. The number of rotatable bonds is 7. The molecule has 5 nitrogen and oxygen atoms in total. The minimum Gasteiger partial charge on any atom is -0.444 e. The first-order valence-corrected chi connectivity index (χ1v) is 7.91. The van der Waals surface area contributed by atoms with Crippen LogP contribution in [0.1, 0.15) is 34.6 Å². The van der Waals surface area contributed by atoms with Gasteiger partial charge in [0, 0.05) is 37.6 Å². The van der Waals surface area contributed by atoms with Crippen LogP contribution in [0.4, 0.5) is 16.2 Å². The highest BCUT2D eigenvalue weighted by atomic mass is 16.6. The molecule has 0 atom stereocenters. The summed E-state index contributed by atoms with van der Waals surface area (Å²) in [5.74, 6) is 0. The van der Waals surface area contributed by atoms with E-state index in [2.05, 4.69) is 53.6 Å². The normalized spacial score (nSPS) is 11.0. The third-order valence-electron chi connectivity index (χ3n) is 3.12. The van der Waals surface area contributed by atoms with Crippen LogP contribution in [0.5, 0.6) is 0 Å². The summed E-state index contributed by atoms with van der Waals surface area (Å²) in [6.45, 7) is 13.0. The van der Waals surface area contributed by atoms with Crippen LogP contribution in [0.2, 0.25) is 0 Å². The maximum absolute atomic E-state index is 11.5. The van der Waals surface area contributed by atoms with Crippen LogP contribution in [-0.2, 0) is 4.74 Å². The molecule has 1 amide bonds. The molecular formula is C17H29N3O2. The molecule has 1 aromatic carbocycles. The van der Waals surface area contributed by atoms with E-state index < -0.39 is 5.60 Å². The Balaban J connectivity index is 2.32. The molecule has 0 saturated heterocycles. The highest BCUT2D eigenvalue weighted by Gasteiger charge is 2.15. The lowest BCUT2D eigenvalue weighted by atomic mass is 10.2. The second kappa shape index (κ2) is 8.51. The van der Waals surface area contributed by atoms with Gasteiger partial charge in [-0.25, -0.2) is 4.79 Å². The van der Waals surface area contributed by atoms with Crippen molar-refractivity contribution >= 4 is 17.5 Å². The topological polar surface area (TPSA) is 53.6 Å². The zero-order chi connectivity index (χ0) is 16.6. The fourth-order valence-corrected chi connectivity index (χ4v) is 2.06. The molecule has 1 rings (SSSR count). The SMILES string of the molecule is CCN(CC)c1ccc(NCCNC(=O)OC(C)(C)C)cc1. The summed E-state index contributed by atoms with van der Waals surface area (Å²) in [7, 11) is 0. The summed E-state index contributed by atoms with van der Waals surface area (Å²) in [6.07, 6.45) is -0.383. The molecule has 1 aromatic rings. The Bertz CT molecular complexity index is 448. The molecule has 0 spiro atoms. The van der Waals surface area contributed by atoms with E-state index in [1.54, 1.807) is 0 Å². The Hall–Kier alpha value is -1.91. The minimum atomic E-state index is -0.461. The number of anilines is 2. The summed E-state index contributed by atoms with van der Waals surface area (Å²) >= 11 is 0. The first-order valence-electron chi connectivity index (χ1n) is 7.91. The molecule has 0 fully saturated rings. The van der Waals surface area contributed by atoms with Crippen LogP contribution < -0.4 is 15.5 Å². The van der Waals surface area contributed by atoms with Gasteiger partial charge < -0.3 is 20.3 Å². The van der Waals surface area contributed by atoms with Gasteiger partial charge in [-0.2, -0.15) is 0 Å². The number of nitrogens with one attached hydrogen (secondary N) is 2. The van der Waals surface area contributed by atoms with Crippen LogP contribution in [-0.4, -0.2) is 37.9 Å². The van der Waals surface area contributed by atoms with E-state index in [4.69, 9.17) is 4.74 Å². The largest absolute Gasteiger partial charge is 0.444 e. The van der Waals surface area contributed by atoms with Crippen molar-refractivity contribution < 1.29 is 9.53 Å². The highest BCUT2D eigenvalue weighted by molar-refractivity contribution is 5.67. The number of amides is 1. The number of carbonyl (C=O) groups excluding carboxylic acids is 1. The molecule has 0 aliphatic carbocycles. The number of benzene rings is 1. The number of ether oxygens (including phenoxy) is 1. The Morgan fingerprint density at radius 3 is 2.18 bits per heavy atom. The lowest BCUT2D eigenvalue weighted by Gasteiger charge is -2.21. The first-order chi connectivity index (χ1) is 10.4. The molecular weight excluding hydrogens is 278 g/mol. The quantitative estimate of drug-likeness (QED) is 0.757. The minimum absolute atomic E-state index is 0.383. The van der Waals surface area contributed by atoms with E-state index in [-0.39, 0.29) is 6.09 Å². The molecule has 0 aromatic heterocycles. The van der Waals surface area contributed by atoms with Gasteiger partial charge in [0.15, 0.2) is 0 Å². The van der Waals surface area contributed by atoms with Crippen LogP contribution >= 0.6 is 0 Å². The molecule has 0 aliphatic rings. The maximum Gasteiger partial charge on any atom is 0.407 e. The molecule has 0 saturated carbocycles. The zero-order valence-electron chi connectivity index (χ0n) is 14.4. The van der Waals surface area contributed by atoms with Crippen molar-refractivity contribution in [1.82, 2.24) is 5.32 Å². The lowest BCUT2D eigenvalue weighted by Crippen LogP contribution is -2.34. The highest BCUT2D eigenvalue weighted by Crippen LogP contribution is 2.17. The number of carbonyl (C=O) groups is 1. The van der Waals surface area contributed by atoms with Gasteiger partial charge in [0.2, 0.25) is 0 Å². The van der Waals surface area contributed by atoms with Crippen LogP contribution in [0.15, 0.2) is 24.3 Å². The second-order valence-electron chi connectivity index (χ2n) is 6.07. The molecule has 0 unspecified atom stereocenters. The molecule has 22 heavy (non-hydrogen) atoms. The van der Waals surface area contributed by atoms with Crippen molar-refractivity contribution in [1.29, 1.82) is 0 Å². The van der Waals surface area contributed by atoms with Crippen molar-refractivity contribution in [2.45, 2.75) is 40.2 Å². The van der Waals surface area contributed by atoms with Crippen LogP contribution in [0.25, 0.3) is 0 Å². The summed E-state index contributed by atoms with van der Waals surface area (Å²) in [6, 6.07) is 8.33. The Morgan fingerprint density at radius 2 is 1.68 bits per heavy atom. The Morgan fingerprint density at radius 1 is 1.09 bits per heavy atom. The molecule has 0 radical (unpaired) electrons. The smallest absolute Gasteiger partial charge is 0.407 e. The van der Waals surface area contributed by atoms with Gasteiger partial charge in [-0.05, 0) is 58.9 Å². The van der Waals surface area contributed by atoms with E-state index >= 15 is 0 Å². The second-order valence-corrected chi connectivity index (χ2v) is 6.07. The molecule has 2 N–H and O–H groups in total. The lowest BCUT2D eigenvalue weighted by molar-refractivity contribution is 0.0530. The fourth-order valence-electron chi connectivity index (χ4n) is 2.06. The Labute approximate surface area is 134 Å². The van der Waals surface area contributed by atoms with Crippen molar-refractivity contribution in [3.63, 3.8) is 0 Å². The summed E-state index contributed by atoms with van der Waals surface area (Å²) in [4.78, 5) is 13.8. The monoisotopic (exact) mass is 307 g/mol. The van der Waals surface area contributed by atoms with Crippen LogP contribution in [0.3, 0.4) is 0 Å². The van der Waals surface area contributed by atoms with Gasteiger partial charge in [0.1, 0.15) is 5.60 Å². The van der Waals surface area contributed by atoms with E-state index in [1.165, 1.54) is 5.69 Å². The molecule has 0 bridgehead atoms. The number of nitrogens with zero attached hydrogens (tertiary/aromatic N) is 1. The molecule has 0 heterocycles. The van der Waals surface area contributed by atoms with Crippen molar-refractivity contribution in [2.24, 2.45) is 0 Å². The first kappa shape index (κ1) is 18.1. The predicted octanol–water partition coefficient (Wildman–Crippen LogP) is 3.47. The van der Waals surface area contributed by atoms with Crippen LogP contribution in [0, 0.1) is 0 Å².